The first-order valence-electron chi connectivity index (χ1n) is 8.90. The molecule has 4 rings (SSSR count). The first-order valence-corrected chi connectivity index (χ1v) is 8.90. The number of halogens is 3. The van der Waals surface area contributed by atoms with Crippen molar-refractivity contribution in [2.24, 2.45) is 5.73 Å². The van der Waals surface area contributed by atoms with Crippen LogP contribution in [0.5, 0.6) is 0 Å². The average Bonchev–Trinajstić information content (AvgIpc) is 2.68. The Hall–Kier alpha value is -3.00. The Bertz CT molecular complexity index is 989. The number of hydrogen-bond donors (Lipinski definition) is 2. The highest BCUT2D eigenvalue weighted by atomic mass is 19.4. The second kappa shape index (κ2) is 7.20. The van der Waals surface area contributed by atoms with Crippen LogP contribution in [0.15, 0.2) is 48.8 Å². The van der Waals surface area contributed by atoms with Crippen LogP contribution in [0.3, 0.4) is 0 Å². The summed E-state index contributed by atoms with van der Waals surface area (Å²) < 4.78 is 39.1. The number of nitrogens with zero attached hydrogens (tertiary/aromatic N) is 3. The number of nitrogens with one attached hydrogen (secondary N) is 1. The molecule has 5 nitrogen and oxygen atoms in total. The molecule has 0 saturated heterocycles. The van der Waals surface area contributed by atoms with Crippen LogP contribution >= 0.6 is 0 Å². The minimum Gasteiger partial charge on any atom is -0.340 e. The molecule has 1 aromatic carbocycles. The average molecular weight is 385 g/mol. The highest BCUT2D eigenvalue weighted by molar-refractivity contribution is 5.65. The molecule has 1 aliphatic carbocycles. The van der Waals surface area contributed by atoms with E-state index < -0.39 is 11.7 Å². The SMILES string of the molecule is NC1CCc2nc(-c3ccncc3)nc(Nc3cccc(C(F)(F)F)c3)c2C1. The van der Waals surface area contributed by atoms with Crippen LogP contribution in [0.25, 0.3) is 11.4 Å². The number of benzene rings is 1. The zero-order chi connectivity index (χ0) is 19.7. The zero-order valence-electron chi connectivity index (χ0n) is 14.9. The van der Waals surface area contributed by atoms with Gasteiger partial charge in [-0.05, 0) is 49.6 Å². The molecule has 0 saturated carbocycles. The van der Waals surface area contributed by atoms with Gasteiger partial charge in [0.2, 0.25) is 0 Å². The lowest BCUT2D eigenvalue weighted by atomic mass is 9.92. The van der Waals surface area contributed by atoms with E-state index in [1.165, 1.54) is 6.07 Å². The third kappa shape index (κ3) is 3.82. The molecular weight excluding hydrogens is 367 g/mol. The molecule has 2 aromatic heterocycles. The van der Waals surface area contributed by atoms with Crippen LogP contribution in [0, 0.1) is 0 Å². The maximum Gasteiger partial charge on any atom is 0.416 e. The fourth-order valence-electron chi connectivity index (χ4n) is 3.28. The molecule has 1 atom stereocenters. The van der Waals surface area contributed by atoms with Gasteiger partial charge in [0.15, 0.2) is 5.82 Å². The van der Waals surface area contributed by atoms with Gasteiger partial charge in [-0.25, -0.2) is 9.97 Å². The van der Waals surface area contributed by atoms with E-state index in [2.05, 4.69) is 20.3 Å². The molecule has 1 unspecified atom stereocenters. The van der Waals surface area contributed by atoms with Gasteiger partial charge in [-0.3, -0.25) is 4.98 Å². The highest BCUT2D eigenvalue weighted by Crippen LogP contribution is 2.33. The van der Waals surface area contributed by atoms with Crippen molar-refractivity contribution >= 4 is 11.5 Å². The lowest BCUT2D eigenvalue weighted by molar-refractivity contribution is -0.137. The fraction of sp³-hybridized carbons (Fsp3) is 0.250. The van der Waals surface area contributed by atoms with Crippen molar-refractivity contribution in [2.45, 2.75) is 31.5 Å². The van der Waals surface area contributed by atoms with E-state index in [0.29, 0.717) is 30.2 Å². The van der Waals surface area contributed by atoms with Gasteiger partial charge in [-0.15, -0.1) is 0 Å². The van der Waals surface area contributed by atoms with Crippen LogP contribution in [0.1, 0.15) is 23.2 Å². The van der Waals surface area contributed by atoms with Crippen LogP contribution in [0.4, 0.5) is 24.7 Å². The largest absolute Gasteiger partial charge is 0.416 e. The lowest BCUT2D eigenvalue weighted by Crippen LogP contribution is -2.29. The highest BCUT2D eigenvalue weighted by Gasteiger charge is 2.30. The van der Waals surface area contributed by atoms with E-state index in [0.717, 1.165) is 35.4 Å². The Labute approximate surface area is 159 Å². The second-order valence-corrected chi connectivity index (χ2v) is 6.76. The first kappa shape index (κ1) is 18.4. The van der Waals surface area contributed by atoms with E-state index in [4.69, 9.17) is 5.73 Å². The van der Waals surface area contributed by atoms with Gasteiger partial charge in [0, 0.05) is 40.9 Å². The Morgan fingerprint density at radius 2 is 1.86 bits per heavy atom. The second-order valence-electron chi connectivity index (χ2n) is 6.76. The third-order valence-electron chi connectivity index (χ3n) is 4.70. The molecular formula is C20H18F3N5. The summed E-state index contributed by atoms with van der Waals surface area (Å²) in [6.07, 6.45) is 0.972. The van der Waals surface area contributed by atoms with Crippen LogP contribution < -0.4 is 11.1 Å². The van der Waals surface area contributed by atoms with Gasteiger partial charge in [0.1, 0.15) is 5.82 Å². The minimum absolute atomic E-state index is 0.0232. The van der Waals surface area contributed by atoms with Gasteiger partial charge in [-0.2, -0.15) is 13.2 Å². The van der Waals surface area contributed by atoms with Crippen molar-refractivity contribution in [3.8, 4) is 11.4 Å². The van der Waals surface area contributed by atoms with E-state index in [-0.39, 0.29) is 6.04 Å². The molecule has 1 aliphatic rings. The summed E-state index contributed by atoms with van der Waals surface area (Å²) in [6.45, 7) is 0. The molecule has 0 aliphatic heterocycles. The van der Waals surface area contributed by atoms with Gasteiger partial charge >= 0.3 is 6.18 Å². The van der Waals surface area contributed by atoms with Crippen molar-refractivity contribution in [3.05, 3.63) is 65.6 Å². The number of aromatic nitrogens is 3. The molecule has 0 amide bonds. The molecule has 28 heavy (non-hydrogen) atoms. The summed E-state index contributed by atoms with van der Waals surface area (Å²) in [6, 6.07) is 8.63. The predicted octanol–water partition coefficient (Wildman–Crippen LogP) is 4.12. The molecule has 3 N–H and O–H groups in total. The lowest BCUT2D eigenvalue weighted by Gasteiger charge is -2.24. The molecule has 2 heterocycles. The third-order valence-corrected chi connectivity index (χ3v) is 4.70. The van der Waals surface area contributed by atoms with Crippen molar-refractivity contribution in [2.75, 3.05) is 5.32 Å². The molecule has 144 valence electrons. The number of pyridine rings is 1. The number of hydrogen-bond acceptors (Lipinski definition) is 5. The standard InChI is InChI=1S/C20H18F3N5/c21-20(22,23)13-2-1-3-15(10-13)26-19-16-11-14(24)4-5-17(16)27-18(28-19)12-6-8-25-9-7-12/h1-3,6-10,14H,4-5,11,24H2,(H,26,27,28). The summed E-state index contributed by atoms with van der Waals surface area (Å²) in [5.74, 6) is 0.998. The monoisotopic (exact) mass is 385 g/mol. The summed E-state index contributed by atoms with van der Waals surface area (Å²) in [7, 11) is 0. The summed E-state index contributed by atoms with van der Waals surface area (Å²) in [5, 5.41) is 3.05. The van der Waals surface area contributed by atoms with Crippen molar-refractivity contribution < 1.29 is 13.2 Å². The number of aryl methyl sites for hydroxylation is 1. The van der Waals surface area contributed by atoms with Crippen molar-refractivity contribution in [1.29, 1.82) is 0 Å². The Kier molecular flexibility index (Phi) is 4.72. The molecule has 0 bridgehead atoms. The molecule has 0 spiro atoms. The number of rotatable bonds is 3. The molecule has 3 aromatic rings. The molecule has 0 radical (unpaired) electrons. The maximum atomic E-state index is 13.0. The van der Waals surface area contributed by atoms with Gasteiger partial charge in [0.05, 0.1) is 5.56 Å². The van der Waals surface area contributed by atoms with Crippen LogP contribution in [-0.4, -0.2) is 21.0 Å². The van der Waals surface area contributed by atoms with Gasteiger partial charge in [-0.1, -0.05) is 6.07 Å². The molecule has 0 fully saturated rings. The minimum atomic E-state index is -4.41. The summed E-state index contributed by atoms with van der Waals surface area (Å²) in [5.41, 5.74) is 8.22. The predicted molar refractivity (Wildman–Crippen MR) is 100.0 cm³/mol. The van der Waals surface area contributed by atoms with E-state index in [9.17, 15) is 13.2 Å². The quantitative estimate of drug-likeness (QED) is 0.709. The normalized spacial score (nSPS) is 16.5. The number of fused-ring (bicyclic) bond motifs is 1. The Morgan fingerprint density at radius 3 is 2.61 bits per heavy atom. The van der Waals surface area contributed by atoms with Crippen molar-refractivity contribution in [1.82, 2.24) is 15.0 Å². The Morgan fingerprint density at radius 1 is 1.07 bits per heavy atom. The van der Waals surface area contributed by atoms with Crippen LogP contribution in [0.2, 0.25) is 0 Å². The molecule has 8 heteroatoms. The first-order chi connectivity index (χ1) is 13.4. The number of alkyl halides is 3. The smallest absolute Gasteiger partial charge is 0.340 e. The summed E-state index contributed by atoms with van der Waals surface area (Å²) in [4.78, 5) is 13.3. The van der Waals surface area contributed by atoms with E-state index >= 15 is 0 Å². The zero-order valence-corrected chi connectivity index (χ0v) is 14.9. The topological polar surface area (TPSA) is 76.7 Å². The van der Waals surface area contributed by atoms with Crippen molar-refractivity contribution in [3.63, 3.8) is 0 Å². The van der Waals surface area contributed by atoms with Crippen LogP contribution in [-0.2, 0) is 19.0 Å². The van der Waals surface area contributed by atoms with E-state index in [1.807, 2.05) is 0 Å². The summed E-state index contributed by atoms with van der Waals surface area (Å²) >= 11 is 0. The van der Waals surface area contributed by atoms with E-state index in [1.54, 1.807) is 30.6 Å². The maximum absolute atomic E-state index is 13.0. The van der Waals surface area contributed by atoms with Gasteiger partial charge in [0.25, 0.3) is 0 Å². The van der Waals surface area contributed by atoms with Gasteiger partial charge < -0.3 is 11.1 Å². The Balaban J connectivity index is 1.77. The fourth-order valence-corrected chi connectivity index (χ4v) is 3.28. The number of nitrogens with two attached hydrogens (primary N) is 1. The number of anilines is 2.